The lowest BCUT2D eigenvalue weighted by atomic mass is 10.3. The quantitative estimate of drug-likeness (QED) is 0.685. The topological polar surface area (TPSA) is 39.8 Å². The first kappa shape index (κ1) is 8.74. The molecule has 2 rings (SSSR count). The van der Waals surface area contributed by atoms with E-state index in [1.54, 1.807) is 23.2 Å². The summed E-state index contributed by atoms with van der Waals surface area (Å²) in [5.41, 5.74) is 1.15. The summed E-state index contributed by atoms with van der Waals surface area (Å²) in [5, 5.41) is 0. The van der Waals surface area contributed by atoms with Gasteiger partial charge in [-0.1, -0.05) is 6.92 Å². The van der Waals surface area contributed by atoms with E-state index in [4.69, 9.17) is 0 Å². The van der Waals surface area contributed by atoms with Gasteiger partial charge >= 0.3 is 6.03 Å². The van der Waals surface area contributed by atoms with Gasteiger partial charge in [-0.25, -0.2) is 9.78 Å². The van der Waals surface area contributed by atoms with Crippen molar-refractivity contribution in [2.24, 2.45) is 0 Å². The molecule has 0 amide bonds. The minimum atomic E-state index is -0.109. The van der Waals surface area contributed by atoms with Crippen LogP contribution in [0.1, 0.15) is 12.5 Å². The van der Waals surface area contributed by atoms with Gasteiger partial charge in [0.1, 0.15) is 6.33 Å². The molecule has 0 aromatic carbocycles. The second kappa shape index (κ2) is 3.49. The molecule has 0 aliphatic heterocycles. The number of hydrogen-bond acceptors (Lipinski definition) is 2. The highest BCUT2D eigenvalue weighted by Gasteiger charge is 2.05. The van der Waals surface area contributed by atoms with Crippen molar-refractivity contribution in [3.8, 4) is 0 Å². The second-order valence-corrected chi connectivity index (χ2v) is 3.03. The number of aryl methyl sites for hydroxylation is 1. The summed E-state index contributed by atoms with van der Waals surface area (Å²) in [6.07, 6.45) is 9.25. The maximum absolute atomic E-state index is 11.7. The molecule has 2 aromatic heterocycles. The molecule has 0 saturated heterocycles. The molecule has 2 heterocycles. The molecule has 4 nitrogen and oxygen atoms in total. The lowest BCUT2D eigenvalue weighted by molar-refractivity contribution is 0.244. The molecular weight excluding hydrogens is 178 g/mol. The van der Waals surface area contributed by atoms with Crippen molar-refractivity contribution in [3.05, 3.63) is 42.7 Å². The third-order valence-corrected chi connectivity index (χ3v) is 2.11. The van der Waals surface area contributed by atoms with Crippen LogP contribution in [0.5, 0.6) is 0 Å². The first-order valence-electron chi connectivity index (χ1n) is 4.51. The Kier molecular flexibility index (Phi) is 2.18. The summed E-state index contributed by atoms with van der Waals surface area (Å²) >= 11 is 0. The van der Waals surface area contributed by atoms with Crippen LogP contribution in [-0.2, 0) is 6.42 Å². The Bertz CT molecular complexity index is 428. The molecular formula is C10H11N3O. The summed E-state index contributed by atoms with van der Waals surface area (Å²) < 4.78 is 3.00. The van der Waals surface area contributed by atoms with E-state index in [1.165, 1.54) is 10.9 Å². The smallest absolute Gasteiger partial charge is 0.276 e. The van der Waals surface area contributed by atoms with Gasteiger partial charge in [-0.3, -0.25) is 9.13 Å². The molecule has 2 aromatic rings. The number of aromatic nitrogens is 3. The van der Waals surface area contributed by atoms with Gasteiger partial charge in [-0.2, -0.15) is 0 Å². The zero-order valence-corrected chi connectivity index (χ0v) is 7.92. The monoisotopic (exact) mass is 189 g/mol. The van der Waals surface area contributed by atoms with Crippen LogP contribution >= 0.6 is 0 Å². The molecule has 0 radical (unpaired) electrons. The number of imidazole rings is 1. The third kappa shape index (κ3) is 1.46. The number of nitrogens with zero attached hydrogens (tertiary/aromatic N) is 3. The Morgan fingerprint density at radius 2 is 2.29 bits per heavy atom. The number of rotatable bonds is 1. The van der Waals surface area contributed by atoms with Crippen LogP contribution in [0.2, 0.25) is 0 Å². The van der Waals surface area contributed by atoms with E-state index < -0.39 is 0 Å². The zero-order chi connectivity index (χ0) is 9.97. The van der Waals surface area contributed by atoms with E-state index in [-0.39, 0.29) is 6.03 Å². The van der Waals surface area contributed by atoms with E-state index in [1.807, 2.05) is 12.3 Å². The van der Waals surface area contributed by atoms with Gasteiger partial charge in [0.15, 0.2) is 0 Å². The minimum absolute atomic E-state index is 0.109. The summed E-state index contributed by atoms with van der Waals surface area (Å²) in [6.45, 7) is 2.06. The molecule has 0 unspecified atom stereocenters. The van der Waals surface area contributed by atoms with Gasteiger partial charge in [-0.15, -0.1) is 0 Å². The Balaban J connectivity index is 2.28. The summed E-state index contributed by atoms with van der Waals surface area (Å²) in [4.78, 5) is 15.5. The number of carbonyl (C=O) groups is 1. The Hall–Kier alpha value is -1.84. The second-order valence-electron chi connectivity index (χ2n) is 3.03. The predicted octanol–water partition coefficient (Wildman–Crippen LogP) is 1.76. The van der Waals surface area contributed by atoms with Crippen molar-refractivity contribution >= 4 is 6.03 Å². The molecule has 0 N–H and O–H groups in total. The maximum Gasteiger partial charge on any atom is 0.337 e. The fraction of sp³-hybridized carbons (Fsp3) is 0.200. The first-order valence-corrected chi connectivity index (χ1v) is 4.51. The molecule has 4 heteroatoms. The standard InChI is InChI=1S/C10H11N3O/c1-2-9-3-5-12(7-9)10(14)13-6-4-11-8-13/h3-8H,2H2,1H3. The lowest BCUT2D eigenvalue weighted by Crippen LogP contribution is -2.15. The highest BCUT2D eigenvalue weighted by Crippen LogP contribution is 2.03. The van der Waals surface area contributed by atoms with Crippen LogP contribution in [0.4, 0.5) is 4.79 Å². The van der Waals surface area contributed by atoms with E-state index in [2.05, 4.69) is 11.9 Å². The van der Waals surface area contributed by atoms with E-state index in [0.717, 1.165) is 12.0 Å². The van der Waals surface area contributed by atoms with Crippen LogP contribution in [-0.4, -0.2) is 20.1 Å². The number of hydrogen-bond donors (Lipinski definition) is 0. The van der Waals surface area contributed by atoms with Crippen molar-refractivity contribution in [1.29, 1.82) is 0 Å². The largest absolute Gasteiger partial charge is 0.337 e. The fourth-order valence-corrected chi connectivity index (χ4v) is 1.27. The van der Waals surface area contributed by atoms with Crippen LogP contribution in [0.25, 0.3) is 0 Å². The summed E-state index contributed by atoms with van der Waals surface area (Å²) in [7, 11) is 0. The van der Waals surface area contributed by atoms with Crippen molar-refractivity contribution in [2.45, 2.75) is 13.3 Å². The normalized spacial score (nSPS) is 10.4. The van der Waals surface area contributed by atoms with Crippen LogP contribution in [0.15, 0.2) is 37.2 Å². The van der Waals surface area contributed by atoms with E-state index in [0.29, 0.717) is 0 Å². The van der Waals surface area contributed by atoms with Gasteiger partial charge in [0.05, 0.1) is 0 Å². The minimum Gasteiger partial charge on any atom is -0.276 e. The Labute approximate surface area is 81.8 Å². The van der Waals surface area contributed by atoms with Gasteiger partial charge in [0.2, 0.25) is 0 Å². The van der Waals surface area contributed by atoms with Gasteiger partial charge < -0.3 is 0 Å². The zero-order valence-electron chi connectivity index (χ0n) is 7.92. The molecule has 0 spiro atoms. The van der Waals surface area contributed by atoms with Crippen LogP contribution in [0.3, 0.4) is 0 Å². The number of carbonyl (C=O) groups excluding carboxylic acids is 1. The Morgan fingerprint density at radius 3 is 2.86 bits per heavy atom. The van der Waals surface area contributed by atoms with E-state index >= 15 is 0 Å². The van der Waals surface area contributed by atoms with Crippen molar-refractivity contribution in [1.82, 2.24) is 14.1 Å². The van der Waals surface area contributed by atoms with Crippen molar-refractivity contribution in [2.75, 3.05) is 0 Å². The van der Waals surface area contributed by atoms with Gasteiger partial charge in [0, 0.05) is 24.8 Å². The molecule has 0 bridgehead atoms. The summed E-state index contributed by atoms with van der Waals surface area (Å²) in [6, 6.07) is 1.83. The third-order valence-electron chi connectivity index (χ3n) is 2.11. The predicted molar refractivity (Wildman–Crippen MR) is 52.2 cm³/mol. The average molecular weight is 189 g/mol. The van der Waals surface area contributed by atoms with Crippen molar-refractivity contribution < 1.29 is 4.79 Å². The lowest BCUT2D eigenvalue weighted by Gasteiger charge is -2.00. The maximum atomic E-state index is 11.7. The van der Waals surface area contributed by atoms with Gasteiger partial charge in [0.25, 0.3) is 0 Å². The summed E-state index contributed by atoms with van der Waals surface area (Å²) in [5.74, 6) is 0. The molecule has 14 heavy (non-hydrogen) atoms. The molecule has 0 atom stereocenters. The van der Waals surface area contributed by atoms with Crippen LogP contribution < -0.4 is 0 Å². The molecule has 0 fully saturated rings. The SMILES string of the molecule is CCc1ccn(C(=O)n2ccnc2)c1. The first-order chi connectivity index (χ1) is 6.81. The fourth-order valence-electron chi connectivity index (χ4n) is 1.27. The average Bonchev–Trinajstić information content (AvgIpc) is 2.88. The molecule has 0 aliphatic rings. The highest BCUT2D eigenvalue weighted by molar-refractivity contribution is 5.79. The highest BCUT2D eigenvalue weighted by atomic mass is 16.2. The van der Waals surface area contributed by atoms with Gasteiger partial charge in [-0.05, 0) is 18.1 Å². The van der Waals surface area contributed by atoms with Crippen molar-refractivity contribution in [3.63, 3.8) is 0 Å². The molecule has 0 aliphatic carbocycles. The molecule has 0 saturated carbocycles. The Morgan fingerprint density at radius 1 is 1.43 bits per heavy atom. The van der Waals surface area contributed by atoms with Crippen LogP contribution in [0, 0.1) is 0 Å². The molecule has 72 valence electrons. The van der Waals surface area contributed by atoms with E-state index in [9.17, 15) is 4.79 Å².